The highest BCUT2D eigenvalue weighted by Gasteiger charge is 2.48. The van der Waals surface area contributed by atoms with Crippen LogP contribution in [0, 0.1) is 18.2 Å². The highest BCUT2D eigenvalue weighted by Crippen LogP contribution is 2.49. The van der Waals surface area contributed by atoms with Crippen molar-refractivity contribution < 1.29 is 27.5 Å². The van der Waals surface area contributed by atoms with Gasteiger partial charge in [-0.25, -0.2) is 4.39 Å². The van der Waals surface area contributed by atoms with Crippen LogP contribution in [0.5, 0.6) is 5.75 Å². The molecule has 0 radical (unpaired) electrons. The fourth-order valence-electron chi connectivity index (χ4n) is 5.17. The number of carbonyl (C=O) groups excluding carboxylic acids is 1. The number of hydrogen-bond donors (Lipinski definition) is 1. The van der Waals surface area contributed by atoms with E-state index in [1.165, 1.54) is 34.7 Å². The largest absolute Gasteiger partial charge is 0.503 e. The van der Waals surface area contributed by atoms with Crippen LogP contribution in [0.25, 0.3) is 0 Å². The fourth-order valence-corrected chi connectivity index (χ4v) is 6.29. The van der Waals surface area contributed by atoms with Crippen molar-refractivity contribution in [3.8, 4) is 18.1 Å². The molecule has 0 spiro atoms. The lowest BCUT2D eigenvalue weighted by Gasteiger charge is -2.43. The highest BCUT2D eigenvalue weighted by atomic mass is 32.2. The summed E-state index contributed by atoms with van der Waals surface area (Å²) in [5.41, 5.74) is 0.945. The van der Waals surface area contributed by atoms with E-state index in [2.05, 4.69) is 5.92 Å². The Balaban J connectivity index is 1.84. The topological polar surface area (TPSA) is 62.5 Å². The first-order valence-corrected chi connectivity index (χ1v) is 12.3. The van der Waals surface area contributed by atoms with E-state index >= 15 is 4.39 Å². The second kappa shape index (κ2) is 8.99. The van der Waals surface area contributed by atoms with Gasteiger partial charge in [-0.15, -0.1) is 18.2 Å². The van der Waals surface area contributed by atoms with E-state index < -0.39 is 59.3 Å². The molecule has 1 aromatic heterocycles. The summed E-state index contributed by atoms with van der Waals surface area (Å²) in [5.74, 6) is -0.338. The molecule has 0 saturated carbocycles. The third-order valence-corrected chi connectivity index (χ3v) is 8.18. The number of thioether (sulfide) groups is 1. The number of amides is 1. The molecule has 2 aliphatic rings. The van der Waals surface area contributed by atoms with Crippen LogP contribution < -0.4 is 5.43 Å². The molecule has 1 N–H and O–H groups in total. The Bertz CT molecular complexity index is 1530. The van der Waals surface area contributed by atoms with Gasteiger partial charge < -0.3 is 14.6 Å². The number of fused-ring (bicyclic) bond motifs is 3. The summed E-state index contributed by atoms with van der Waals surface area (Å²) in [7, 11) is 0. The summed E-state index contributed by atoms with van der Waals surface area (Å²) in [6, 6.07) is 7.69. The average Bonchev–Trinajstić information content (AvgIpc) is 3.03. The molecule has 0 aliphatic carbocycles. The van der Waals surface area contributed by atoms with E-state index in [1.54, 1.807) is 18.2 Å². The van der Waals surface area contributed by atoms with E-state index in [0.29, 0.717) is 32.2 Å². The van der Waals surface area contributed by atoms with E-state index in [4.69, 9.17) is 6.42 Å². The van der Waals surface area contributed by atoms with Crippen molar-refractivity contribution in [3.05, 3.63) is 92.6 Å². The van der Waals surface area contributed by atoms with Gasteiger partial charge in [0.1, 0.15) is 11.9 Å². The predicted octanol–water partition coefficient (Wildman–Crippen LogP) is 5.06. The van der Waals surface area contributed by atoms with Gasteiger partial charge in [0.15, 0.2) is 11.4 Å². The lowest BCUT2D eigenvalue weighted by Crippen LogP contribution is -2.54. The maximum Gasteiger partial charge on any atom is 0.408 e. The van der Waals surface area contributed by atoms with Crippen LogP contribution in [0.3, 0.4) is 0 Å². The lowest BCUT2D eigenvalue weighted by molar-refractivity contribution is -0.174. The standard InChI is InChI=1S/C27H20F4N2O3S/c1-3-15-6-4-7-16-13-37-25-17(8-5-9-18(25)28)22(21(15)16)19-12-33(14(2)27(29,30)31)26(36)23-24(35)20(34)10-11-32(19)23/h1,4-11,14,19,22,35H,12-13H2,2H3/t14-,19?,22+/m1/s1. The zero-order chi connectivity index (χ0) is 26.6. The van der Waals surface area contributed by atoms with Crippen molar-refractivity contribution in [2.24, 2.45) is 0 Å². The van der Waals surface area contributed by atoms with Crippen LogP contribution in [0.1, 0.15) is 51.6 Å². The molecular weight excluding hydrogens is 508 g/mol. The normalized spacial score (nSPS) is 19.8. The molecule has 3 aromatic rings. The van der Waals surface area contributed by atoms with Crippen LogP contribution in [-0.2, 0) is 5.75 Å². The molecule has 10 heteroatoms. The summed E-state index contributed by atoms with van der Waals surface area (Å²) in [5, 5.41) is 10.6. The first kappa shape index (κ1) is 25.0. The summed E-state index contributed by atoms with van der Waals surface area (Å²) in [6.45, 7) is 0.429. The summed E-state index contributed by atoms with van der Waals surface area (Å²) in [6.07, 6.45) is 2.34. The second-order valence-electron chi connectivity index (χ2n) is 8.97. The van der Waals surface area contributed by atoms with E-state index in [-0.39, 0.29) is 0 Å². The van der Waals surface area contributed by atoms with Gasteiger partial charge in [-0.2, -0.15) is 13.2 Å². The minimum Gasteiger partial charge on any atom is -0.503 e. The molecule has 0 saturated heterocycles. The maximum absolute atomic E-state index is 15.1. The molecular formula is C27H20F4N2O3S. The van der Waals surface area contributed by atoms with Gasteiger partial charge in [0.2, 0.25) is 5.43 Å². The first-order chi connectivity index (χ1) is 17.5. The Morgan fingerprint density at radius 3 is 2.59 bits per heavy atom. The molecule has 2 aromatic carbocycles. The van der Waals surface area contributed by atoms with Gasteiger partial charge in [-0.3, -0.25) is 9.59 Å². The fraction of sp³-hybridized carbons (Fsp3) is 0.259. The molecule has 1 unspecified atom stereocenters. The molecule has 5 rings (SSSR count). The van der Waals surface area contributed by atoms with Crippen LogP contribution >= 0.6 is 11.8 Å². The number of hydrogen-bond acceptors (Lipinski definition) is 4. The number of benzene rings is 2. The first-order valence-electron chi connectivity index (χ1n) is 11.4. The Kier molecular flexibility index (Phi) is 6.07. The van der Waals surface area contributed by atoms with Crippen molar-refractivity contribution in [1.82, 2.24) is 9.47 Å². The third kappa shape index (κ3) is 3.98. The average molecular weight is 529 g/mol. The van der Waals surface area contributed by atoms with E-state index in [0.717, 1.165) is 18.6 Å². The predicted molar refractivity (Wildman–Crippen MR) is 130 cm³/mol. The Hall–Kier alpha value is -3.71. The number of aromatic nitrogens is 1. The van der Waals surface area contributed by atoms with Crippen LogP contribution in [0.2, 0.25) is 0 Å². The number of terminal acetylenes is 1. The lowest BCUT2D eigenvalue weighted by atomic mass is 9.79. The van der Waals surface area contributed by atoms with Gasteiger partial charge in [0.05, 0.1) is 6.04 Å². The van der Waals surface area contributed by atoms with Gasteiger partial charge in [-0.05, 0) is 35.7 Å². The van der Waals surface area contributed by atoms with Crippen LogP contribution in [0.15, 0.2) is 58.4 Å². The van der Waals surface area contributed by atoms with Crippen molar-refractivity contribution in [3.63, 3.8) is 0 Å². The molecule has 0 bridgehead atoms. The molecule has 1 amide bonds. The number of aromatic hydroxyl groups is 1. The van der Waals surface area contributed by atoms with E-state index in [9.17, 15) is 27.9 Å². The number of pyridine rings is 1. The summed E-state index contributed by atoms with van der Waals surface area (Å²) >= 11 is 1.25. The van der Waals surface area contributed by atoms with Gasteiger partial charge in [0, 0.05) is 40.9 Å². The molecule has 3 atom stereocenters. The summed E-state index contributed by atoms with van der Waals surface area (Å²) < 4.78 is 57.9. The molecule has 190 valence electrons. The number of rotatable bonds is 2. The third-order valence-electron chi connectivity index (χ3n) is 7.00. The molecule has 0 fully saturated rings. The van der Waals surface area contributed by atoms with E-state index in [1.807, 2.05) is 6.07 Å². The van der Waals surface area contributed by atoms with Crippen molar-refractivity contribution in [2.45, 2.75) is 41.7 Å². The summed E-state index contributed by atoms with van der Waals surface area (Å²) in [4.78, 5) is 26.4. The number of halogens is 4. The van der Waals surface area contributed by atoms with Crippen LogP contribution in [-0.4, -0.2) is 39.2 Å². The van der Waals surface area contributed by atoms with Crippen molar-refractivity contribution in [1.29, 1.82) is 0 Å². The van der Waals surface area contributed by atoms with Crippen molar-refractivity contribution >= 4 is 17.7 Å². The minimum atomic E-state index is -4.77. The quantitative estimate of drug-likeness (QED) is 0.373. The van der Waals surface area contributed by atoms with Crippen molar-refractivity contribution in [2.75, 3.05) is 6.54 Å². The highest BCUT2D eigenvalue weighted by molar-refractivity contribution is 7.98. The zero-order valence-electron chi connectivity index (χ0n) is 19.4. The zero-order valence-corrected chi connectivity index (χ0v) is 20.2. The van der Waals surface area contributed by atoms with Gasteiger partial charge in [-0.1, -0.05) is 30.2 Å². The molecule has 5 nitrogen and oxygen atoms in total. The van der Waals surface area contributed by atoms with Crippen LogP contribution in [0.4, 0.5) is 17.6 Å². The Morgan fingerprint density at radius 1 is 1.16 bits per heavy atom. The smallest absolute Gasteiger partial charge is 0.408 e. The number of carbonyl (C=O) groups is 1. The number of alkyl halides is 3. The molecule has 2 aliphatic heterocycles. The van der Waals surface area contributed by atoms with Gasteiger partial charge >= 0.3 is 6.18 Å². The number of nitrogens with zero attached hydrogens (tertiary/aromatic N) is 2. The molecule has 3 heterocycles. The molecule has 37 heavy (non-hydrogen) atoms. The Labute approximate surface area is 213 Å². The maximum atomic E-state index is 15.1. The minimum absolute atomic E-state index is 0.325. The monoisotopic (exact) mass is 528 g/mol. The van der Waals surface area contributed by atoms with Gasteiger partial charge in [0.25, 0.3) is 5.91 Å². The Morgan fingerprint density at radius 2 is 1.89 bits per heavy atom. The second-order valence-corrected chi connectivity index (χ2v) is 9.96. The SMILES string of the molecule is C#Cc1cccc2c1[C@H](C1CN([C@H](C)C(F)(F)F)C(=O)c3c(O)c(=O)ccn31)c1cccc(F)c1SC2.